The number of nitrogens with one attached hydrogen (secondary N) is 2. The van der Waals surface area contributed by atoms with Crippen LogP contribution in [0.1, 0.15) is 26.3 Å². The average Bonchev–Trinajstić information content (AvgIpc) is 2.37. The van der Waals surface area contributed by atoms with Crippen LogP contribution in [0.5, 0.6) is 5.75 Å². The van der Waals surface area contributed by atoms with Gasteiger partial charge in [-0.25, -0.2) is 0 Å². The highest BCUT2D eigenvalue weighted by Gasteiger charge is 2.17. The summed E-state index contributed by atoms with van der Waals surface area (Å²) in [6.45, 7) is 7.52. The number of carbonyl (C=O) groups excluding carboxylic acids is 1. The average molecular weight is 287 g/mol. The second-order valence-corrected chi connectivity index (χ2v) is 5.72. The molecule has 0 aromatic heterocycles. The molecule has 0 radical (unpaired) electrons. The first-order valence-electron chi connectivity index (χ1n) is 6.61. The number of nitrogens with zero attached hydrogens (tertiary/aromatic N) is 1. The highest BCUT2D eigenvalue weighted by Crippen LogP contribution is 2.25. The summed E-state index contributed by atoms with van der Waals surface area (Å²) >= 11 is 0. The summed E-state index contributed by atoms with van der Waals surface area (Å²) in [5, 5.41) is 14.8. The highest BCUT2D eigenvalue weighted by atomic mass is 16.5. The molecule has 112 valence electrons. The van der Waals surface area contributed by atoms with E-state index >= 15 is 0 Å². The smallest absolute Gasteiger partial charge is 0.263 e. The third-order valence-corrected chi connectivity index (χ3v) is 2.58. The fourth-order valence-corrected chi connectivity index (χ4v) is 1.64. The molecule has 0 unspecified atom stereocenters. The largest absolute Gasteiger partial charge is 0.495 e. The van der Waals surface area contributed by atoms with E-state index in [1.807, 2.05) is 52.0 Å². The number of ether oxygens (including phenoxy) is 1. The number of aryl methyl sites for hydroxylation is 1. The standard InChI is InChI=1S/C16H21N3O2/c1-11-6-7-14(21-5)13(8-11)18-10-12(9-17)15(20)19-16(2,3)4/h6-8,10,18H,1-5H3,(H,19,20)/b12-10-. The van der Waals surface area contributed by atoms with Gasteiger partial charge in [-0.1, -0.05) is 6.07 Å². The van der Waals surface area contributed by atoms with Crippen LogP contribution in [0.3, 0.4) is 0 Å². The first-order valence-corrected chi connectivity index (χ1v) is 6.61. The van der Waals surface area contributed by atoms with Crippen molar-refractivity contribution in [3.63, 3.8) is 0 Å². The zero-order chi connectivity index (χ0) is 16.0. The Hall–Kier alpha value is -2.48. The molecule has 0 aliphatic heterocycles. The number of amides is 1. The van der Waals surface area contributed by atoms with Gasteiger partial charge in [0.2, 0.25) is 0 Å². The first-order chi connectivity index (χ1) is 9.76. The Balaban J connectivity index is 2.94. The maximum absolute atomic E-state index is 12.0. The van der Waals surface area contributed by atoms with Gasteiger partial charge in [0.15, 0.2) is 0 Å². The monoisotopic (exact) mass is 287 g/mol. The Labute approximate surface area is 125 Å². The van der Waals surface area contributed by atoms with Crippen molar-refractivity contribution in [1.29, 1.82) is 5.26 Å². The van der Waals surface area contributed by atoms with Crippen molar-refractivity contribution in [1.82, 2.24) is 5.32 Å². The Morgan fingerprint density at radius 1 is 1.38 bits per heavy atom. The van der Waals surface area contributed by atoms with E-state index in [-0.39, 0.29) is 5.57 Å². The fourth-order valence-electron chi connectivity index (χ4n) is 1.64. The van der Waals surface area contributed by atoms with Crippen LogP contribution in [0.2, 0.25) is 0 Å². The molecule has 5 heteroatoms. The number of nitriles is 1. The van der Waals surface area contributed by atoms with Gasteiger partial charge in [0.1, 0.15) is 17.4 Å². The van der Waals surface area contributed by atoms with Crippen LogP contribution < -0.4 is 15.4 Å². The number of benzene rings is 1. The number of hydrogen-bond donors (Lipinski definition) is 2. The van der Waals surface area contributed by atoms with Gasteiger partial charge in [-0.2, -0.15) is 5.26 Å². The Bertz CT molecular complexity index is 593. The van der Waals surface area contributed by atoms with Crippen molar-refractivity contribution < 1.29 is 9.53 Å². The van der Waals surface area contributed by atoms with Crippen LogP contribution in [0.25, 0.3) is 0 Å². The maximum atomic E-state index is 12.0. The fraction of sp³-hybridized carbons (Fsp3) is 0.375. The second kappa shape index (κ2) is 6.80. The maximum Gasteiger partial charge on any atom is 0.263 e. The zero-order valence-electron chi connectivity index (χ0n) is 13.1. The minimum atomic E-state index is -0.413. The molecule has 1 aromatic carbocycles. The molecule has 1 aromatic rings. The van der Waals surface area contributed by atoms with E-state index in [4.69, 9.17) is 10.00 Å². The van der Waals surface area contributed by atoms with Crippen molar-refractivity contribution in [2.75, 3.05) is 12.4 Å². The number of methoxy groups -OCH3 is 1. The second-order valence-electron chi connectivity index (χ2n) is 5.72. The number of carbonyl (C=O) groups is 1. The summed E-state index contributed by atoms with van der Waals surface area (Å²) < 4.78 is 5.23. The van der Waals surface area contributed by atoms with Gasteiger partial charge in [-0.05, 0) is 45.4 Å². The third kappa shape index (κ3) is 5.19. The van der Waals surface area contributed by atoms with Crippen LogP contribution >= 0.6 is 0 Å². The van der Waals surface area contributed by atoms with Gasteiger partial charge in [0.05, 0.1) is 12.8 Å². The van der Waals surface area contributed by atoms with Crippen molar-refractivity contribution >= 4 is 11.6 Å². The normalized spacial score (nSPS) is 11.5. The molecule has 0 spiro atoms. The van der Waals surface area contributed by atoms with Crippen LogP contribution in [-0.4, -0.2) is 18.6 Å². The van der Waals surface area contributed by atoms with Crippen LogP contribution in [0.4, 0.5) is 5.69 Å². The molecule has 0 aliphatic rings. The van der Waals surface area contributed by atoms with E-state index in [2.05, 4.69) is 10.6 Å². The number of anilines is 1. The molecule has 0 heterocycles. The van der Waals surface area contributed by atoms with E-state index in [0.717, 1.165) is 5.56 Å². The molecule has 5 nitrogen and oxygen atoms in total. The molecule has 0 fully saturated rings. The molecule has 2 N–H and O–H groups in total. The van der Waals surface area contributed by atoms with E-state index in [1.165, 1.54) is 6.20 Å². The van der Waals surface area contributed by atoms with Gasteiger partial charge in [0.25, 0.3) is 5.91 Å². The molecule has 0 atom stereocenters. The SMILES string of the molecule is COc1ccc(C)cc1N/C=C(/C#N)C(=O)NC(C)(C)C. The molecular formula is C16H21N3O2. The summed E-state index contributed by atoms with van der Waals surface area (Å²) in [7, 11) is 1.57. The molecule has 21 heavy (non-hydrogen) atoms. The van der Waals surface area contributed by atoms with E-state index in [1.54, 1.807) is 7.11 Å². The Kier molecular flexibility index (Phi) is 5.37. The zero-order valence-corrected chi connectivity index (χ0v) is 13.1. The number of rotatable bonds is 4. The molecule has 0 aliphatic carbocycles. The van der Waals surface area contributed by atoms with E-state index in [9.17, 15) is 4.79 Å². The van der Waals surface area contributed by atoms with Crippen molar-refractivity contribution in [3.05, 3.63) is 35.5 Å². The summed E-state index contributed by atoms with van der Waals surface area (Å²) in [5.74, 6) is 0.231. The summed E-state index contributed by atoms with van der Waals surface area (Å²) in [6, 6.07) is 7.52. The quantitative estimate of drug-likeness (QED) is 0.659. The van der Waals surface area contributed by atoms with Gasteiger partial charge in [-0.15, -0.1) is 0 Å². The first kappa shape index (κ1) is 16.6. The van der Waals surface area contributed by atoms with Crippen molar-refractivity contribution in [2.45, 2.75) is 33.2 Å². The lowest BCUT2D eigenvalue weighted by Gasteiger charge is -2.20. The summed E-state index contributed by atoms with van der Waals surface area (Å²) in [4.78, 5) is 12.0. The van der Waals surface area contributed by atoms with Gasteiger partial charge in [0, 0.05) is 11.7 Å². The summed E-state index contributed by atoms with van der Waals surface area (Å²) in [5.41, 5.74) is 1.36. The van der Waals surface area contributed by atoms with Crippen LogP contribution in [0.15, 0.2) is 30.0 Å². The van der Waals surface area contributed by atoms with Gasteiger partial charge < -0.3 is 15.4 Å². The lowest BCUT2D eigenvalue weighted by molar-refractivity contribution is -0.118. The molecule has 1 rings (SSSR count). The minimum absolute atomic E-state index is 0.00786. The minimum Gasteiger partial charge on any atom is -0.495 e. The van der Waals surface area contributed by atoms with Crippen molar-refractivity contribution in [2.24, 2.45) is 0 Å². The Morgan fingerprint density at radius 3 is 2.57 bits per heavy atom. The van der Waals surface area contributed by atoms with Gasteiger partial charge >= 0.3 is 0 Å². The molecule has 0 saturated carbocycles. The highest BCUT2D eigenvalue weighted by molar-refractivity contribution is 5.98. The predicted molar refractivity (Wildman–Crippen MR) is 82.9 cm³/mol. The summed E-state index contributed by atoms with van der Waals surface area (Å²) in [6.07, 6.45) is 1.39. The lowest BCUT2D eigenvalue weighted by atomic mass is 10.1. The topological polar surface area (TPSA) is 74.1 Å². The molecule has 0 saturated heterocycles. The molecule has 1 amide bonds. The van der Waals surface area contributed by atoms with E-state index < -0.39 is 11.4 Å². The van der Waals surface area contributed by atoms with Gasteiger partial charge in [-0.3, -0.25) is 4.79 Å². The number of hydrogen-bond acceptors (Lipinski definition) is 4. The van der Waals surface area contributed by atoms with Crippen molar-refractivity contribution in [3.8, 4) is 11.8 Å². The molecular weight excluding hydrogens is 266 g/mol. The third-order valence-electron chi connectivity index (χ3n) is 2.58. The molecule has 0 bridgehead atoms. The van der Waals surface area contributed by atoms with Crippen LogP contribution in [-0.2, 0) is 4.79 Å². The lowest BCUT2D eigenvalue weighted by Crippen LogP contribution is -2.41. The predicted octanol–water partition coefficient (Wildman–Crippen LogP) is 2.74. The van der Waals surface area contributed by atoms with E-state index in [0.29, 0.717) is 11.4 Å². The Morgan fingerprint density at radius 2 is 2.05 bits per heavy atom. The van der Waals surface area contributed by atoms with Crippen LogP contribution in [0, 0.1) is 18.3 Å².